The Hall–Kier alpha value is -0.540. The number of hydrogen-bond acceptors (Lipinski definition) is 2. The molecule has 0 aromatic heterocycles. The molecule has 1 aliphatic carbocycles. The maximum absolute atomic E-state index is 5.97. The first-order valence-electron chi connectivity index (χ1n) is 7.41. The third-order valence-electron chi connectivity index (χ3n) is 3.79. The minimum Gasteiger partial charge on any atom is -0.493 e. The van der Waals surface area contributed by atoms with Crippen LogP contribution in [0.2, 0.25) is 0 Å². The summed E-state index contributed by atoms with van der Waals surface area (Å²) >= 11 is 3.59. The van der Waals surface area contributed by atoms with E-state index in [1.165, 1.54) is 37.7 Å². The molecule has 0 amide bonds. The van der Waals surface area contributed by atoms with E-state index in [0.717, 1.165) is 35.8 Å². The number of ether oxygens (including phenoxy) is 1. The van der Waals surface area contributed by atoms with E-state index < -0.39 is 0 Å². The molecule has 3 heteroatoms. The lowest BCUT2D eigenvalue weighted by atomic mass is 9.90. The van der Waals surface area contributed by atoms with Crippen molar-refractivity contribution in [1.82, 2.24) is 5.32 Å². The van der Waals surface area contributed by atoms with Gasteiger partial charge in [0.15, 0.2) is 0 Å². The van der Waals surface area contributed by atoms with Crippen molar-refractivity contribution in [1.29, 1.82) is 0 Å². The summed E-state index contributed by atoms with van der Waals surface area (Å²) in [6, 6.07) is 6.29. The van der Waals surface area contributed by atoms with Gasteiger partial charge in [-0.25, -0.2) is 0 Å². The summed E-state index contributed by atoms with van der Waals surface area (Å²) in [7, 11) is 0. The Labute approximate surface area is 125 Å². The molecule has 0 spiro atoms. The fourth-order valence-corrected chi connectivity index (χ4v) is 2.99. The van der Waals surface area contributed by atoms with E-state index in [2.05, 4.69) is 46.4 Å². The van der Waals surface area contributed by atoms with Gasteiger partial charge in [-0.2, -0.15) is 0 Å². The van der Waals surface area contributed by atoms with Crippen LogP contribution in [0, 0.1) is 5.92 Å². The van der Waals surface area contributed by atoms with Gasteiger partial charge < -0.3 is 10.1 Å². The predicted octanol–water partition coefficient (Wildman–Crippen LogP) is 4.52. The van der Waals surface area contributed by atoms with E-state index in [9.17, 15) is 0 Å². The number of halogens is 1. The zero-order valence-corrected chi connectivity index (χ0v) is 13.3. The molecule has 2 nitrogen and oxygen atoms in total. The zero-order chi connectivity index (χ0) is 13.5. The van der Waals surface area contributed by atoms with Gasteiger partial charge in [-0.3, -0.25) is 0 Å². The highest BCUT2D eigenvalue weighted by Gasteiger charge is 2.14. The average Bonchev–Trinajstić information content (AvgIpc) is 2.46. The van der Waals surface area contributed by atoms with Crippen LogP contribution >= 0.6 is 15.9 Å². The van der Waals surface area contributed by atoms with Crippen LogP contribution in [0.4, 0.5) is 0 Å². The van der Waals surface area contributed by atoms with Gasteiger partial charge in [0, 0.05) is 11.0 Å². The lowest BCUT2D eigenvalue weighted by Crippen LogP contribution is -2.15. The maximum Gasteiger partial charge on any atom is 0.119 e. The number of rotatable bonds is 6. The predicted molar refractivity (Wildman–Crippen MR) is 83.6 cm³/mol. The quantitative estimate of drug-likeness (QED) is 0.830. The van der Waals surface area contributed by atoms with E-state index in [-0.39, 0.29) is 0 Å². The fraction of sp³-hybridized carbons (Fsp3) is 0.625. The van der Waals surface area contributed by atoms with Gasteiger partial charge in [-0.1, -0.05) is 42.1 Å². The first-order valence-corrected chi connectivity index (χ1v) is 8.21. The minimum absolute atomic E-state index is 0.759. The van der Waals surface area contributed by atoms with Gasteiger partial charge in [-0.15, -0.1) is 0 Å². The lowest BCUT2D eigenvalue weighted by Gasteiger charge is -2.21. The van der Waals surface area contributed by atoms with Gasteiger partial charge in [0.25, 0.3) is 0 Å². The Morgan fingerprint density at radius 3 is 2.79 bits per heavy atom. The SMILES string of the molecule is CCNCc1cc(OCC2CCCCC2)ccc1Br. The molecule has 1 aliphatic rings. The van der Waals surface area contributed by atoms with Gasteiger partial charge in [0.05, 0.1) is 6.61 Å². The second kappa shape index (κ2) is 7.91. The molecular formula is C16H24BrNO. The van der Waals surface area contributed by atoms with Crippen molar-refractivity contribution in [2.75, 3.05) is 13.2 Å². The molecule has 1 N–H and O–H groups in total. The minimum atomic E-state index is 0.759. The van der Waals surface area contributed by atoms with Gasteiger partial charge >= 0.3 is 0 Å². The summed E-state index contributed by atoms with van der Waals surface area (Å²) in [5, 5.41) is 3.35. The highest BCUT2D eigenvalue weighted by atomic mass is 79.9. The van der Waals surface area contributed by atoms with E-state index in [0.29, 0.717) is 0 Å². The van der Waals surface area contributed by atoms with Crippen LogP contribution in [0.25, 0.3) is 0 Å². The van der Waals surface area contributed by atoms with Crippen molar-refractivity contribution in [3.05, 3.63) is 28.2 Å². The van der Waals surface area contributed by atoms with E-state index in [4.69, 9.17) is 4.74 Å². The highest BCUT2D eigenvalue weighted by Crippen LogP contribution is 2.26. The second-order valence-electron chi connectivity index (χ2n) is 5.35. The molecule has 1 aromatic carbocycles. The van der Waals surface area contributed by atoms with Crippen LogP contribution in [0.15, 0.2) is 22.7 Å². The Kier molecular flexibility index (Phi) is 6.18. The summed E-state index contributed by atoms with van der Waals surface area (Å²) < 4.78 is 7.12. The van der Waals surface area contributed by atoms with Crippen LogP contribution < -0.4 is 10.1 Å². The van der Waals surface area contributed by atoms with Gasteiger partial charge in [0.2, 0.25) is 0 Å². The molecule has 1 fully saturated rings. The van der Waals surface area contributed by atoms with Crippen LogP contribution in [-0.2, 0) is 6.54 Å². The lowest BCUT2D eigenvalue weighted by molar-refractivity contribution is 0.208. The molecular weight excluding hydrogens is 302 g/mol. The summed E-state index contributed by atoms with van der Waals surface area (Å²) in [4.78, 5) is 0. The van der Waals surface area contributed by atoms with Crippen molar-refractivity contribution in [2.45, 2.75) is 45.6 Å². The maximum atomic E-state index is 5.97. The molecule has 0 bridgehead atoms. The van der Waals surface area contributed by atoms with E-state index >= 15 is 0 Å². The van der Waals surface area contributed by atoms with Gasteiger partial charge in [-0.05, 0) is 49.1 Å². The molecule has 1 aromatic rings. The molecule has 0 unspecified atom stereocenters. The molecule has 19 heavy (non-hydrogen) atoms. The molecule has 2 rings (SSSR count). The van der Waals surface area contributed by atoms with Crippen LogP contribution in [0.1, 0.15) is 44.6 Å². The Morgan fingerprint density at radius 1 is 1.26 bits per heavy atom. The molecule has 0 aliphatic heterocycles. The molecule has 1 saturated carbocycles. The molecule has 106 valence electrons. The van der Waals surface area contributed by atoms with Crippen molar-refractivity contribution >= 4 is 15.9 Å². The molecule has 0 saturated heterocycles. The second-order valence-corrected chi connectivity index (χ2v) is 6.20. The largest absolute Gasteiger partial charge is 0.493 e. The van der Waals surface area contributed by atoms with Gasteiger partial charge in [0.1, 0.15) is 5.75 Å². The van der Waals surface area contributed by atoms with Crippen molar-refractivity contribution in [2.24, 2.45) is 5.92 Å². The number of nitrogens with one attached hydrogen (secondary N) is 1. The smallest absolute Gasteiger partial charge is 0.119 e. The first-order chi connectivity index (χ1) is 9.29. The zero-order valence-electron chi connectivity index (χ0n) is 11.8. The van der Waals surface area contributed by atoms with Crippen molar-refractivity contribution in [3.63, 3.8) is 0 Å². The number of benzene rings is 1. The summed E-state index contributed by atoms with van der Waals surface area (Å²) in [5.41, 5.74) is 1.27. The first kappa shape index (κ1) is 14.9. The topological polar surface area (TPSA) is 21.3 Å². The van der Waals surface area contributed by atoms with Crippen molar-refractivity contribution in [3.8, 4) is 5.75 Å². The Balaban J connectivity index is 1.88. The van der Waals surface area contributed by atoms with Crippen LogP contribution in [-0.4, -0.2) is 13.2 Å². The summed E-state index contributed by atoms with van der Waals surface area (Å²) in [6.45, 7) is 4.87. The van der Waals surface area contributed by atoms with Crippen LogP contribution in [0.5, 0.6) is 5.75 Å². The fourth-order valence-electron chi connectivity index (χ4n) is 2.60. The third kappa shape index (κ3) is 4.81. The third-order valence-corrected chi connectivity index (χ3v) is 4.57. The molecule has 0 radical (unpaired) electrons. The van der Waals surface area contributed by atoms with Crippen molar-refractivity contribution < 1.29 is 4.74 Å². The average molecular weight is 326 g/mol. The Morgan fingerprint density at radius 2 is 2.05 bits per heavy atom. The highest BCUT2D eigenvalue weighted by molar-refractivity contribution is 9.10. The monoisotopic (exact) mass is 325 g/mol. The van der Waals surface area contributed by atoms with E-state index in [1.54, 1.807) is 0 Å². The van der Waals surface area contributed by atoms with E-state index in [1.807, 2.05) is 0 Å². The normalized spacial score (nSPS) is 16.5. The summed E-state index contributed by atoms with van der Waals surface area (Å²) in [6.07, 6.45) is 6.82. The standard InChI is InChI=1S/C16H24BrNO/c1-2-18-11-14-10-15(8-9-16(14)17)19-12-13-6-4-3-5-7-13/h8-10,13,18H,2-7,11-12H2,1H3. The number of hydrogen-bond donors (Lipinski definition) is 1. The van der Waals surface area contributed by atoms with Crippen LogP contribution in [0.3, 0.4) is 0 Å². The molecule has 0 atom stereocenters. The summed E-state index contributed by atoms with van der Waals surface area (Å²) in [5.74, 6) is 1.76. The Bertz CT molecular complexity index is 388. The molecule has 0 heterocycles.